The van der Waals surface area contributed by atoms with Gasteiger partial charge in [-0.15, -0.1) is 0 Å². The van der Waals surface area contributed by atoms with Gasteiger partial charge in [0.05, 0.1) is 24.9 Å². The highest BCUT2D eigenvalue weighted by Gasteiger charge is 2.33. The number of allylic oxidation sites excluding steroid dienone is 1. The molecule has 1 saturated heterocycles. The summed E-state index contributed by atoms with van der Waals surface area (Å²) in [6, 6.07) is 1.51. The molecule has 30 heavy (non-hydrogen) atoms. The van der Waals surface area contributed by atoms with Crippen LogP contribution in [0.4, 0.5) is 26.3 Å². The van der Waals surface area contributed by atoms with Gasteiger partial charge in [-0.3, -0.25) is 0 Å². The van der Waals surface area contributed by atoms with Gasteiger partial charge in [0.2, 0.25) is 0 Å². The molecule has 0 spiro atoms. The van der Waals surface area contributed by atoms with Crippen molar-refractivity contribution in [2.24, 2.45) is 17.8 Å². The zero-order valence-corrected chi connectivity index (χ0v) is 16.8. The lowest BCUT2D eigenvalue weighted by atomic mass is 9.75. The molecule has 0 radical (unpaired) electrons. The van der Waals surface area contributed by atoms with Gasteiger partial charge in [0.1, 0.15) is 17.5 Å². The van der Waals surface area contributed by atoms with E-state index >= 15 is 0 Å². The third kappa shape index (κ3) is 5.78. The van der Waals surface area contributed by atoms with Crippen molar-refractivity contribution in [1.29, 1.82) is 0 Å². The van der Waals surface area contributed by atoms with Crippen LogP contribution in [-0.4, -0.2) is 19.4 Å². The molecule has 168 valence electrons. The van der Waals surface area contributed by atoms with E-state index in [1.165, 1.54) is 25.7 Å². The Hall–Kier alpha value is -1.54. The van der Waals surface area contributed by atoms with Gasteiger partial charge in [-0.25, -0.2) is 13.2 Å². The molecule has 2 nitrogen and oxygen atoms in total. The molecule has 8 heteroatoms. The molecular formula is C22H26F6O2. The smallest absolute Gasteiger partial charge is 0.348 e. The molecule has 0 N–H and O–H groups in total. The Morgan fingerprint density at radius 2 is 1.57 bits per heavy atom. The molecule has 0 aromatic heterocycles. The van der Waals surface area contributed by atoms with Gasteiger partial charge < -0.3 is 9.47 Å². The van der Waals surface area contributed by atoms with Crippen LogP contribution in [0.1, 0.15) is 62.9 Å². The van der Waals surface area contributed by atoms with Gasteiger partial charge in [-0.1, -0.05) is 32.6 Å². The van der Waals surface area contributed by atoms with E-state index in [0.717, 1.165) is 30.9 Å². The number of ether oxygens (including phenoxy) is 2. The van der Waals surface area contributed by atoms with Gasteiger partial charge in [0.25, 0.3) is 0 Å². The minimum absolute atomic E-state index is 0.0290. The Balaban J connectivity index is 1.62. The highest BCUT2D eigenvalue weighted by atomic mass is 19.4. The monoisotopic (exact) mass is 436 g/mol. The fourth-order valence-electron chi connectivity index (χ4n) is 4.51. The minimum Gasteiger partial charge on any atom is -0.348 e. The van der Waals surface area contributed by atoms with E-state index in [1.54, 1.807) is 0 Å². The number of hydrogen-bond donors (Lipinski definition) is 0. The summed E-state index contributed by atoms with van der Waals surface area (Å²) in [6.07, 6.45) is 0.187. The highest BCUT2D eigenvalue weighted by Crippen LogP contribution is 2.39. The van der Waals surface area contributed by atoms with Crippen LogP contribution < -0.4 is 0 Å². The number of alkyl halides is 3. The Kier molecular flexibility index (Phi) is 7.50. The first-order valence-electron chi connectivity index (χ1n) is 10.4. The van der Waals surface area contributed by atoms with E-state index in [2.05, 4.69) is 6.92 Å². The second kappa shape index (κ2) is 9.73. The van der Waals surface area contributed by atoms with Crippen molar-refractivity contribution < 1.29 is 35.8 Å². The normalized spacial score (nSPS) is 28.6. The van der Waals surface area contributed by atoms with Gasteiger partial charge >= 0.3 is 6.18 Å². The zero-order chi connectivity index (χ0) is 21.9. The van der Waals surface area contributed by atoms with E-state index in [-0.39, 0.29) is 11.5 Å². The molecule has 0 unspecified atom stereocenters. The molecular weight excluding hydrogens is 410 g/mol. The maximum Gasteiger partial charge on any atom is 0.412 e. The molecule has 1 aromatic rings. The largest absolute Gasteiger partial charge is 0.412 e. The second-order valence-electron chi connectivity index (χ2n) is 8.22. The van der Waals surface area contributed by atoms with E-state index in [0.29, 0.717) is 19.1 Å². The van der Waals surface area contributed by atoms with Crippen LogP contribution in [0.15, 0.2) is 18.2 Å². The second-order valence-corrected chi connectivity index (χ2v) is 8.22. The predicted molar refractivity (Wildman–Crippen MR) is 100.0 cm³/mol. The lowest BCUT2D eigenvalue weighted by Crippen LogP contribution is -2.34. The molecule has 0 amide bonds. The summed E-state index contributed by atoms with van der Waals surface area (Å²) in [6.45, 7) is 2.94. The molecule has 0 bridgehead atoms. The summed E-state index contributed by atoms with van der Waals surface area (Å²) >= 11 is 0. The summed E-state index contributed by atoms with van der Waals surface area (Å²) in [5, 5.41) is 0. The summed E-state index contributed by atoms with van der Waals surface area (Å²) < 4.78 is 90.1. The Morgan fingerprint density at radius 3 is 2.07 bits per heavy atom. The topological polar surface area (TPSA) is 18.5 Å². The van der Waals surface area contributed by atoms with Crippen molar-refractivity contribution in [2.45, 2.75) is 57.9 Å². The first-order chi connectivity index (χ1) is 14.2. The quantitative estimate of drug-likeness (QED) is 0.458. The van der Waals surface area contributed by atoms with Crippen molar-refractivity contribution in [2.75, 3.05) is 13.2 Å². The zero-order valence-electron chi connectivity index (χ0n) is 16.8. The molecule has 1 saturated carbocycles. The van der Waals surface area contributed by atoms with Crippen LogP contribution in [0.3, 0.4) is 0 Å². The summed E-state index contributed by atoms with van der Waals surface area (Å²) in [5.74, 6) is -3.44. The van der Waals surface area contributed by atoms with Gasteiger partial charge in [-0.2, -0.15) is 13.2 Å². The third-order valence-electron chi connectivity index (χ3n) is 6.04. The Morgan fingerprint density at radius 1 is 1.00 bits per heavy atom. The van der Waals surface area contributed by atoms with Crippen LogP contribution in [0, 0.1) is 29.4 Å². The fraction of sp³-hybridized carbons (Fsp3) is 0.636. The average molecular weight is 436 g/mol. The number of halogens is 6. The van der Waals surface area contributed by atoms with Crippen LogP contribution in [0.2, 0.25) is 0 Å². The summed E-state index contributed by atoms with van der Waals surface area (Å²) in [4.78, 5) is 0. The lowest BCUT2D eigenvalue weighted by molar-refractivity contribution is -0.215. The maximum atomic E-state index is 14.2. The standard InChI is InChI=1S/C22H26F6O2/c1-2-3-13-4-6-14(7-5-13)16-11-29-21(30-12-16)15-8-17(23)20(18(24)9-15)19(25)10-22(26,27)28/h8-10,13-14,16,21H,2-7,11-12H2,1H3. The molecule has 1 aromatic carbocycles. The number of benzene rings is 1. The van der Waals surface area contributed by atoms with Crippen LogP contribution in [0.5, 0.6) is 0 Å². The molecule has 2 fully saturated rings. The highest BCUT2D eigenvalue weighted by molar-refractivity contribution is 5.61. The Bertz CT molecular complexity index is 721. The third-order valence-corrected chi connectivity index (χ3v) is 6.04. The lowest BCUT2D eigenvalue weighted by Gasteiger charge is -2.37. The van der Waals surface area contributed by atoms with Crippen molar-refractivity contribution in [3.8, 4) is 0 Å². The van der Waals surface area contributed by atoms with E-state index < -0.39 is 41.6 Å². The van der Waals surface area contributed by atoms with Crippen LogP contribution in [-0.2, 0) is 9.47 Å². The predicted octanol–water partition coefficient (Wildman–Crippen LogP) is 7.11. The van der Waals surface area contributed by atoms with Crippen molar-refractivity contribution in [3.63, 3.8) is 0 Å². The van der Waals surface area contributed by atoms with Gasteiger partial charge in [0, 0.05) is 11.5 Å². The first kappa shape index (κ1) is 23.1. The van der Waals surface area contributed by atoms with Gasteiger partial charge in [0.15, 0.2) is 6.29 Å². The van der Waals surface area contributed by atoms with Crippen molar-refractivity contribution >= 4 is 5.83 Å². The Labute approximate surface area is 172 Å². The van der Waals surface area contributed by atoms with E-state index in [1.807, 2.05) is 0 Å². The molecule has 0 atom stereocenters. The van der Waals surface area contributed by atoms with Crippen molar-refractivity contribution in [3.05, 3.63) is 41.0 Å². The van der Waals surface area contributed by atoms with Gasteiger partial charge in [-0.05, 0) is 36.8 Å². The van der Waals surface area contributed by atoms with E-state index in [4.69, 9.17) is 9.47 Å². The summed E-state index contributed by atoms with van der Waals surface area (Å²) in [7, 11) is 0. The average Bonchev–Trinajstić information content (AvgIpc) is 2.67. The maximum absolute atomic E-state index is 14.2. The molecule has 1 aliphatic heterocycles. The summed E-state index contributed by atoms with van der Waals surface area (Å²) in [5.41, 5.74) is -1.38. The number of hydrogen-bond acceptors (Lipinski definition) is 2. The van der Waals surface area contributed by atoms with Crippen LogP contribution in [0.25, 0.3) is 5.83 Å². The molecule has 2 aliphatic rings. The number of rotatable bonds is 5. The minimum atomic E-state index is -5.03. The molecule has 3 rings (SSSR count). The fourth-order valence-corrected chi connectivity index (χ4v) is 4.51. The van der Waals surface area contributed by atoms with E-state index in [9.17, 15) is 26.3 Å². The van der Waals surface area contributed by atoms with Crippen LogP contribution >= 0.6 is 0 Å². The SMILES string of the molecule is CCCC1CCC(C2COC(c3cc(F)c(C(F)=CC(F)(F)F)c(F)c3)OC2)CC1. The van der Waals surface area contributed by atoms with Crippen molar-refractivity contribution in [1.82, 2.24) is 0 Å². The molecule has 1 aliphatic carbocycles. The first-order valence-corrected chi connectivity index (χ1v) is 10.4. The molecule has 1 heterocycles.